The lowest BCUT2D eigenvalue weighted by molar-refractivity contribution is 0.669. The van der Waals surface area contributed by atoms with Crippen LogP contribution in [0.2, 0.25) is 0 Å². The first kappa shape index (κ1) is 29.0. The Bertz CT molecular complexity index is 2900. The smallest absolute Gasteiger partial charge is 0.162 e. The molecular weight excluding hydrogens is 623 g/mol. The van der Waals surface area contributed by atoms with Gasteiger partial charge < -0.3 is 4.42 Å². The average molecular weight is 652 g/mol. The Morgan fingerprint density at radius 3 is 1.78 bits per heavy atom. The van der Waals surface area contributed by atoms with Crippen molar-refractivity contribution in [3.63, 3.8) is 0 Å². The monoisotopic (exact) mass is 651 g/mol. The number of furan rings is 1. The van der Waals surface area contributed by atoms with E-state index in [1.54, 1.807) is 0 Å². The second kappa shape index (κ2) is 11.9. The van der Waals surface area contributed by atoms with Gasteiger partial charge in [0.15, 0.2) is 11.4 Å². The lowest BCUT2D eigenvalue weighted by atomic mass is 9.98. The van der Waals surface area contributed by atoms with Crippen LogP contribution < -0.4 is 0 Å². The van der Waals surface area contributed by atoms with Crippen molar-refractivity contribution in [2.75, 3.05) is 0 Å². The zero-order valence-corrected chi connectivity index (χ0v) is 27.5. The maximum atomic E-state index is 6.61. The maximum Gasteiger partial charge on any atom is 0.162 e. The molecule has 10 rings (SSSR count). The highest BCUT2D eigenvalue weighted by atomic mass is 16.3. The molecule has 7 aromatic carbocycles. The highest BCUT2D eigenvalue weighted by Crippen LogP contribution is 2.41. The second-order valence-corrected chi connectivity index (χ2v) is 12.8. The summed E-state index contributed by atoms with van der Waals surface area (Å²) in [6, 6.07) is 60.8. The van der Waals surface area contributed by atoms with Crippen LogP contribution in [0.3, 0.4) is 0 Å². The summed E-state index contributed by atoms with van der Waals surface area (Å²) >= 11 is 0. The van der Waals surface area contributed by atoms with Crippen molar-refractivity contribution in [1.82, 2.24) is 15.0 Å². The van der Waals surface area contributed by atoms with Crippen LogP contribution in [0.1, 0.15) is 0 Å². The molecule has 3 aromatic heterocycles. The second-order valence-electron chi connectivity index (χ2n) is 12.8. The van der Waals surface area contributed by atoms with Crippen LogP contribution in [0.5, 0.6) is 0 Å². The van der Waals surface area contributed by atoms with Crippen molar-refractivity contribution < 1.29 is 4.42 Å². The van der Waals surface area contributed by atoms with Crippen LogP contribution >= 0.6 is 0 Å². The fourth-order valence-electron chi connectivity index (χ4n) is 7.16. The summed E-state index contributed by atoms with van der Waals surface area (Å²) < 4.78 is 6.61. The molecule has 0 unspecified atom stereocenters. The predicted octanol–water partition coefficient (Wildman–Crippen LogP) is 12.4. The van der Waals surface area contributed by atoms with Crippen molar-refractivity contribution in [2.24, 2.45) is 0 Å². The molecule has 0 radical (unpaired) electrons. The molecule has 0 fully saturated rings. The van der Waals surface area contributed by atoms with Gasteiger partial charge >= 0.3 is 0 Å². The number of pyridine rings is 1. The van der Waals surface area contributed by atoms with Gasteiger partial charge in [0, 0.05) is 43.8 Å². The van der Waals surface area contributed by atoms with Gasteiger partial charge in [-0.25, -0.2) is 15.0 Å². The zero-order chi connectivity index (χ0) is 33.7. The van der Waals surface area contributed by atoms with Crippen LogP contribution in [0, 0.1) is 0 Å². The van der Waals surface area contributed by atoms with E-state index in [2.05, 4.69) is 140 Å². The van der Waals surface area contributed by atoms with E-state index < -0.39 is 0 Å². The van der Waals surface area contributed by atoms with E-state index in [-0.39, 0.29) is 0 Å². The Kier molecular flexibility index (Phi) is 6.78. The largest absolute Gasteiger partial charge is 0.454 e. The Balaban J connectivity index is 1.16. The minimum Gasteiger partial charge on any atom is -0.454 e. The molecule has 10 aromatic rings. The van der Waals surface area contributed by atoms with Crippen LogP contribution in [0.25, 0.3) is 99.9 Å². The van der Waals surface area contributed by atoms with E-state index in [0.29, 0.717) is 5.82 Å². The molecule has 0 saturated carbocycles. The molecule has 0 aliphatic rings. The van der Waals surface area contributed by atoms with E-state index >= 15 is 0 Å². The lowest BCUT2D eigenvalue weighted by Gasteiger charge is -2.12. The first-order chi connectivity index (χ1) is 25.3. The molecule has 0 spiro atoms. The summed E-state index contributed by atoms with van der Waals surface area (Å²) in [5, 5.41) is 5.52. The van der Waals surface area contributed by atoms with Crippen LogP contribution in [0.4, 0.5) is 0 Å². The van der Waals surface area contributed by atoms with E-state index in [4.69, 9.17) is 19.4 Å². The third-order valence-electron chi connectivity index (χ3n) is 9.68. The highest BCUT2D eigenvalue weighted by molar-refractivity contribution is 6.24. The van der Waals surface area contributed by atoms with Gasteiger partial charge in [0.2, 0.25) is 0 Å². The van der Waals surface area contributed by atoms with Crippen LogP contribution in [-0.4, -0.2) is 15.0 Å². The van der Waals surface area contributed by atoms with Crippen molar-refractivity contribution in [3.8, 4) is 56.3 Å². The fourth-order valence-corrected chi connectivity index (χ4v) is 7.16. The van der Waals surface area contributed by atoms with Crippen molar-refractivity contribution in [3.05, 3.63) is 176 Å². The Morgan fingerprint density at radius 1 is 0.373 bits per heavy atom. The minimum atomic E-state index is 0.676. The van der Waals surface area contributed by atoms with Gasteiger partial charge in [0.25, 0.3) is 0 Å². The number of benzene rings is 7. The van der Waals surface area contributed by atoms with Crippen LogP contribution in [0.15, 0.2) is 180 Å². The first-order valence-corrected chi connectivity index (χ1v) is 17.1. The zero-order valence-electron chi connectivity index (χ0n) is 27.5. The number of hydrogen-bond acceptors (Lipinski definition) is 4. The molecule has 3 heterocycles. The average Bonchev–Trinajstić information content (AvgIpc) is 3.61. The molecular formula is C47H29N3O. The molecule has 238 valence electrons. The summed E-state index contributed by atoms with van der Waals surface area (Å²) in [6.07, 6.45) is 0. The number of aromatic nitrogens is 3. The van der Waals surface area contributed by atoms with Gasteiger partial charge in [-0.1, -0.05) is 158 Å². The molecule has 0 saturated heterocycles. The third kappa shape index (κ3) is 5.04. The lowest BCUT2D eigenvalue weighted by Crippen LogP contribution is -1.96. The standard InChI is InChI=1S/C47H29N3O/c1-3-12-30(13-4-1)31-22-24-33(25-23-31)40-29-41(49-47(48-40)34-15-5-2-6-16-34)35-17-11-18-36(28-35)44-46-43(38-20-9-10-21-42(38)51-46)39-27-26-32-14-7-8-19-37(32)45(39)50-44/h1-29H. The van der Waals surface area contributed by atoms with Crippen molar-refractivity contribution in [2.45, 2.75) is 0 Å². The molecule has 0 bridgehead atoms. The Hall–Kier alpha value is -6.91. The van der Waals surface area contributed by atoms with Gasteiger partial charge in [-0.3, -0.25) is 0 Å². The number of rotatable bonds is 5. The topological polar surface area (TPSA) is 51.8 Å². The van der Waals surface area contributed by atoms with Crippen LogP contribution in [-0.2, 0) is 0 Å². The first-order valence-electron chi connectivity index (χ1n) is 17.1. The number of hydrogen-bond donors (Lipinski definition) is 0. The maximum absolute atomic E-state index is 6.61. The third-order valence-corrected chi connectivity index (χ3v) is 9.68. The van der Waals surface area contributed by atoms with Gasteiger partial charge in [-0.15, -0.1) is 0 Å². The van der Waals surface area contributed by atoms with E-state index in [1.807, 2.05) is 36.4 Å². The van der Waals surface area contributed by atoms with Gasteiger partial charge in [0.05, 0.1) is 16.9 Å². The quantitative estimate of drug-likeness (QED) is 0.174. The summed E-state index contributed by atoms with van der Waals surface area (Å²) in [6.45, 7) is 0. The molecule has 0 N–H and O–H groups in total. The predicted molar refractivity (Wildman–Crippen MR) is 209 cm³/mol. The molecule has 4 heteroatoms. The van der Waals surface area contributed by atoms with E-state index in [1.165, 1.54) is 5.56 Å². The van der Waals surface area contributed by atoms with Crippen molar-refractivity contribution in [1.29, 1.82) is 0 Å². The van der Waals surface area contributed by atoms with Gasteiger partial charge in [-0.05, 0) is 34.7 Å². The summed E-state index contributed by atoms with van der Waals surface area (Å²) in [5.74, 6) is 0.676. The summed E-state index contributed by atoms with van der Waals surface area (Å²) in [7, 11) is 0. The summed E-state index contributed by atoms with van der Waals surface area (Å²) in [4.78, 5) is 15.6. The van der Waals surface area contributed by atoms with E-state index in [9.17, 15) is 0 Å². The number of nitrogens with zero attached hydrogens (tertiary/aromatic N) is 3. The number of para-hydroxylation sites is 1. The highest BCUT2D eigenvalue weighted by Gasteiger charge is 2.20. The molecule has 0 aliphatic heterocycles. The van der Waals surface area contributed by atoms with Gasteiger partial charge in [-0.2, -0.15) is 0 Å². The summed E-state index contributed by atoms with van der Waals surface area (Å²) in [5.41, 5.74) is 11.4. The molecule has 0 aliphatic carbocycles. The van der Waals surface area contributed by atoms with E-state index in [0.717, 1.165) is 88.5 Å². The minimum absolute atomic E-state index is 0.676. The number of fused-ring (bicyclic) bond motifs is 7. The Morgan fingerprint density at radius 2 is 0.980 bits per heavy atom. The van der Waals surface area contributed by atoms with Crippen molar-refractivity contribution >= 4 is 43.6 Å². The molecule has 51 heavy (non-hydrogen) atoms. The molecule has 0 amide bonds. The Labute approximate surface area is 294 Å². The normalized spacial score (nSPS) is 11.5. The molecule has 0 atom stereocenters. The van der Waals surface area contributed by atoms with Gasteiger partial charge in [0.1, 0.15) is 11.3 Å². The fraction of sp³-hybridized carbons (Fsp3) is 0. The molecule has 4 nitrogen and oxygen atoms in total. The SMILES string of the molecule is c1ccc(-c2ccc(-c3cc(-c4cccc(-c5nc6c7ccccc7ccc6c6c5oc5ccccc56)c4)nc(-c4ccccc4)n3)cc2)cc1.